The minimum Gasteiger partial charge on any atom is -0.497 e. The maximum atomic E-state index is 12.6. The first-order chi connectivity index (χ1) is 14.7. The highest BCUT2D eigenvalue weighted by molar-refractivity contribution is 5.99. The van der Waals surface area contributed by atoms with Crippen molar-refractivity contribution in [3.05, 3.63) is 72.3 Å². The van der Waals surface area contributed by atoms with E-state index in [0.29, 0.717) is 6.42 Å². The van der Waals surface area contributed by atoms with Crippen LogP contribution in [-0.4, -0.2) is 50.5 Å². The van der Waals surface area contributed by atoms with Gasteiger partial charge in [-0.05, 0) is 60.5 Å². The average molecular weight is 403 g/mol. The van der Waals surface area contributed by atoms with Gasteiger partial charge in [-0.25, -0.2) is 0 Å². The van der Waals surface area contributed by atoms with Gasteiger partial charge < -0.3 is 9.64 Å². The van der Waals surface area contributed by atoms with Gasteiger partial charge in [-0.2, -0.15) is 0 Å². The normalized spacial score (nSPS) is 14.8. The molecule has 0 amide bonds. The lowest BCUT2D eigenvalue weighted by molar-refractivity contribution is 0.0978. The SMILES string of the molecule is COc1ccc(N2CCN(CCCCC(=O)c3ccc4ccccc4c3)CC2)cc1. The molecule has 0 radical (unpaired) electrons. The first-order valence-corrected chi connectivity index (χ1v) is 10.9. The van der Waals surface area contributed by atoms with Gasteiger partial charge in [-0.3, -0.25) is 9.69 Å². The van der Waals surface area contributed by atoms with Crippen molar-refractivity contribution < 1.29 is 9.53 Å². The molecule has 4 rings (SSSR count). The third kappa shape index (κ3) is 5.00. The first-order valence-electron chi connectivity index (χ1n) is 10.9. The fourth-order valence-electron chi connectivity index (χ4n) is 4.15. The second-order valence-electron chi connectivity index (χ2n) is 7.97. The van der Waals surface area contributed by atoms with Crippen molar-refractivity contribution in [1.29, 1.82) is 0 Å². The van der Waals surface area contributed by atoms with Crippen LogP contribution in [-0.2, 0) is 0 Å². The zero-order chi connectivity index (χ0) is 20.8. The highest BCUT2D eigenvalue weighted by Gasteiger charge is 2.17. The van der Waals surface area contributed by atoms with Crippen LogP contribution < -0.4 is 9.64 Å². The Kier molecular flexibility index (Phi) is 6.65. The molecule has 30 heavy (non-hydrogen) atoms. The van der Waals surface area contributed by atoms with E-state index < -0.39 is 0 Å². The topological polar surface area (TPSA) is 32.8 Å². The van der Waals surface area contributed by atoms with E-state index in [2.05, 4.69) is 34.1 Å². The molecule has 0 saturated carbocycles. The number of carbonyl (C=O) groups excluding carboxylic acids is 1. The summed E-state index contributed by atoms with van der Waals surface area (Å²) in [6.45, 7) is 5.31. The molecule has 0 aromatic heterocycles. The highest BCUT2D eigenvalue weighted by Crippen LogP contribution is 2.21. The summed E-state index contributed by atoms with van der Waals surface area (Å²) in [6.07, 6.45) is 2.65. The Bertz CT molecular complexity index is 976. The zero-order valence-electron chi connectivity index (χ0n) is 17.7. The Hall–Kier alpha value is -2.85. The van der Waals surface area contributed by atoms with Gasteiger partial charge in [0.05, 0.1) is 7.11 Å². The van der Waals surface area contributed by atoms with Gasteiger partial charge in [0.1, 0.15) is 5.75 Å². The van der Waals surface area contributed by atoms with Gasteiger partial charge >= 0.3 is 0 Å². The van der Waals surface area contributed by atoms with Crippen LogP contribution in [0.15, 0.2) is 66.7 Å². The predicted octanol–water partition coefficient (Wildman–Crippen LogP) is 5.02. The molecule has 0 N–H and O–H groups in total. The molecule has 3 aromatic carbocycles. The fourth-order valence-corrected chi connectivity index (χ4v) is 4.15. The number of piperazine rings is 1. The first kappa shape index (κ1) is 20.4. The summed E-state index contributed by atoms with van der Waals surface area (Å²) in [5.41, 5.74) is 2.10. The van der Waals surface area contributed by atoms with E-state index in [-0.39, 0.29) is 5.78 Å². The lowest BCUT2D eigenvalue weighted by Crippen LogP contribution is -2.46. The number of nitrogens with zero attached hydrogens (tertiary/aromatic N) is 2. The summed E-state index contributed by atoms with van der Waals surface area (Å²) in [6, 6.07) is 22.5. The van der Waals surface area contributed by atoms with Crippen molar-refractivity contribution in [1.82, 2.24) is 4.90 Å². The predicted molar refractivity (Wildman–Crippen MR) is 124 cm³/mol. The standard InChI is InChI=1S/C26H30N2O2/c1-30-25-13-11-24(12-14-25)28-18-16-27(17-19-28)15-5-4-8-26(29)23-10-9-21-6-2-3-7-22(21)20-23/h2-3,6-7,9-14,20H,4-5,8,15-19H2,1H3. The summed E-state index contributed by atoms with van der Waals surface area (Å²) in [4.78, 5) is 17.5. The summed E-state index contributed by atoms with van der Waals surface area (Å²) in [7, 11) is 1.70. The third-order valence-corrected chi connectivity index (χ3v) is 6.01. The van der Waals surface area contributed by atoms with E-state index in [1.165, 1.54) is 11.1 Å². The van der Waals surface area contributed by atoms with E-state index in [1.54, 1.807) is 7.11 Å². The Morgan fingerprint density at radius 1 is 0.867 bits per heavy atom. The van der Waals surface area contributed by atoms with E-state index in [1.807, 2.05) is 42.5 Å². The smallest absolute Gasteiger partial charge is 0.162 e. The zero-order valence-corrected chi connectivity index (χ0v) is 17.7. The number of fused-ring (bicyclic) bond motifs is 1. The monoisotopic (exact) mass is 402 g/mol. The van der Waals surface area contributed by atoms with Crippen LogP contribution >= 0.6 is 0 Å². The number of rotatable bonds is 8. The molecule has 0 atom stereocenters. The number of unbranched alkanes of at least 4 members (excludes halogenated alkanes) is 1. The van der Waals surface area contributed by atoms with Crippen LogP contribution in [0.3, 0.4) is 0 Å². The van der Waals surface area contributed by atoms with Crippen molar-refractivity contribution in [3.8, 4) is 5.75 Å². The number of hydrogen-bond donors (Lipinski definition) is 0. The molecule has 1 aliphatic heterocycles. The quantitative estimate of drug-likeness (QED) is 0.391. The van der Waals surface area contributed by atoms with Gasteiger partial charge in [-0.1, -0.05) is 36.4 Å². The molecular formula is C26H30N2O2. The molecule has 0 aliphatic carbocycles. The Morgan fingerprint density at radius 2 is 1.60 bits per heavy atom. The Labute approximate surface area is 179 Å². The van der Waals surface area contributed by atoms with Crippen molar-refractivity contribution in [2.75, 3.05) is 44.7 Å². The summed E-state index contributed by atoms with van der Waals surface area (Å²) in [5, 5.41) is 2.32. The van der Waals surface area contributed by atoms with Gasteiger partial charge in [0.15, 0.2) is 5.78 Å². The Balaban J connectivity index is 1.18. The lowest BCUT2D eigenvalue weighted by atomic mass is 10.0. The molecule has 0 unspecified atom stereocenters. The molecule has 4 heteroatoms. The van der Waals surface area contributed by atoms with Crippen molar-refractivity contribution in [3.63, 3.8) is 0 Å². The molecule has 156 valence electrons. The molecule has 1 aliphatic rings. The lowest BCUT2D eigenvalue weighted by Gasteiger charge is -2.36. The third-order valence-electron chi connectivity index (χ3n) is 6.01. The summed E-state index contributed by atoms with van der Waals surface area (Å²) in [5.74, 6) is 1.15. The van der Waals surface area contributed by atoms with Crippen molar-refractivity contribution in [2.45, 2.75) is 19.3 Å². The Morgan fingerprint density at radius 3 is 2.33 bits per heavy atom. The fraction of sp³-hybridized carbons (Fsp3) is 0.346. The number of benzene rings is 3. The van der Waals surface area contributed by atoms with Crippen LogP contribution in [0.4, 0.5) is 5.69 Å². The molecule has 4 nitrogen and oxygen atoms in total. The van der Waals surface area contributed by atoms with E-state index >= 15 is 0 Å². The van der Waals surface area contributed by atoms with Crippen LogP contribution in [0.2, 0.25) is 0 Å². The largest absolute Gasteiger partial charge is 0.497 e. The van der Waals surface area contributed by atoms with Gasteiger partial charge in [0, 0.05) is 43.9 Å². The van der Waals surface area contributed by atoms with E-state index in [9.17, 15) is 4.79 Å². The number of ketones is 1. The molecule has 1 fully saturated rings. The minimum absolute atomic E-state index is 0.255. The van der Waals surface area contributed by atoms with Gasteiger partial charge in [-0.15, -0.1) is 0 Å². The van der Waals surface area contributed by atoms with Crippen LogP contribution in [0.25, 0.3) is 10.8 Å². The van der Waals surface area contributed by atoms with Crippen LogP contribution in [0.1, 0.15) is 29.6 Å². The number of methoxy groups -OCH3 is 1. The summed E-state index contributed by atoms with van der Waals surface area (Å²) >= 11 is 0. The highest BCUT2D eigenvalue weighted by atomic mass is 16.5. The van der Waals surface area contributed by atoms with E-state index in [0.717, 1.165) is 62.3 Å². The summed E-state index contributed by atoms with van der Waals surface area (Å²) < 4.78 is 5.24. The molecule has 1 heterocycles. The maximum Gasteiger partial charge on any atom is 0.162 e. The van der Waals surface area contributed by atoms with E-state index in [4.69, 9.17) is 4.74 Å². The van der Waals surface area contributed by atoms with Crippen LogP contribution in [0, 0.1) is 0 Å². The minimum atomic E-state index is 0.255. The molecule has 3 aromatic rings. The van der Waals surface area contributed by atoms with Crippen LogP contribution in [0.5, 0.6) is 5.75 Å². The maximum absolute atomic E-state index is 12.6. The number of anilines is 1. The van der Waals surface area contributed by atoms with Crippen molar-refractivity contribution in [2.24, 2.45) is 0 Å². The average Bonchev–Trinajstić information content (AvgIpc) is 2.82. The number of carbonyl (C=O) groups is 1. The number of Topliss-reactive ketones (excluding diaryl/α,β-unsaturated/α-hetero) is 1. The second kappa shape index (κ2) is 9.77. The van der Waals surface area contributed by atoms with Gasteiger partial charge in [0.2, 0.25) is 0 Å². The van der Waals surface area contributed by atoms with Gasteiger partial charge in [0.25, 0.3) is 0 Å². The molecule has 0 spiro atoms. The second-order valence-corrected chi connectivity index (χ2v) is 7.97. The molecular weight excluding hydrogens is 372 g/mol. The van der Waals surface area contributed by atoms with Crippen molar-refractivity contribution >= 4 is 22.2 Å². The molecule has 1 saturated heterocycles. The number of ether oxygens (including phenoxy) is 1. The number of hydrogen-bond acceptors (Lipinski definition) is 4. The molecule has 0 bridgehead atoms.